The Bertz CT molecular complexity index is 321. The minimum atomic E-state index is -0.148. The lowest BCUT2D eigenvalue weighted by Gasteiger charge is -2.03. The van der Waals surface area contributed by atoms with Gasteiger partial charge in [-0.3, -0.25) is 14.7 Å². The average Bonchev–Trinajstić information content (AvgIpc) is 2.51. The van der Waals surface area contributed by atoms with Crippen LogP contribution in [-0.4, -0.2) is 26.3 Å². The van der Waals surface area contributed by atoms with Gasteiger partial charge in [-0.2, -0.15) is 5.10 Å². The summed E-state index contributed by atoms with van der Waals surface area (Å²) in [4.78, 5) is 21.6. The van der Waals surface area contributed by atoms with Crippen LogP contribution in [-0.2, 0) is 4.79 Å². The van der Waals surface area contributed by atoms with E-state index in [1.165, 1.54) is 6.20 Å². The first-order valence-electron chi connectivity index (χ1n) is 3.59. The molecule has 0 bridgehead atoms. The molecule has 2 N–H and O–H groups in total. The number of nitrogens with one attached hydrogen (secondary N) is 2. The molecule has 0 spiro atoms. The lowest BCUT2D eigenvalue weighted by molar-refractivity contribution is -0.115. The summed E-state index contributed by atoms with van der Waals surface area (Å²) in [5.74, 6) is -0.148. The van der Waals surface area contributed by atoms with Gasteiger partial charge in [0.2, 0.25) is 5.91 Å². The Morgan fingerprint density at radius 1 is 1.85 bits per heavy atom. The Labute approximate surface area is 88.4 Å². The Hall–Kier alpha value is -0.920. The third kappa shape index (κ3) is 2.51. The number of anilines is 1. The fourth-order valence-electron chi connectivity index (χ4n) is 0.723. The molecule has 0 radical (unpaired) electrons. The van der Waals surface area contributed by atoms with Gasteiger partial charge in [-0.05, 0) is 6.92 Å². The van der Waals surface area contributed by atoms with E-state index in [4.69, 9.17) is 0 Å². The predicted molar refractivity (Wildman–Crippen MR) is 56.1 cm³/mol. The SMILES string of the molecule is CC(I)C(=O)Nc1c[nH]nc1C=O. The van der Waals surface area contributed by atoms with E-state index >= 15 is 0 Å². The van der Waals surface area contributed by atoms with Crippen molar-refractivity contribution in [1.29, 1.82) is 0 Å². The molecule has 0 saturated heterocycles. The highest BCUT2D eigenvalue weighted by molar-refractivity contribution is 14.1. The molecule has 1 aromatic heterocycles. The number of carbonyl (C=O) groups is 2. The second-order valence-corrected chi connectivity index (χ2v) is 4.28. The second-order valence-electron chi connectivity index (χ2n) is 2.41. The molecule has 0 saturated carbocycles. The van der Waals surface area contributed by atoms with Crippen LogP contribution in [0.5, 0.6) is 0 Å². The van der Waals surface area contributed by atoms with Crippen molar-refractivity contribution in [2.24, 2.45) is 0 Å². The van der Waals surface area contributed by atoms with Crippen LogP contribution in [0.15, 0.2) is 6.20 Å². The number of halogens is 1. The number of aromatic nitrogens is 2. The number of hydrogen-bond donors (Lipinski definition) is 2. The normalized spacial score (nSPS) is 12.2. The van der Waals surface area contributed by atoms with Crippen LogP contribution in [0, 0.1) is 0 Å². The molecule has 0 aliphatic carbocycles. The Balaban J connectivity index is 2.74. The van der Waals surface area contributed by atoms with Crippen molar-refractivity contribution in [3.8, 4) is 0 Å². The minimum Gasteiger partial charge on any atom is -0.322 e. The number of aromatic amines is 1. The lowest BCUT2D eigenvalue weighted by Crippen LogP contribution is -2.20. The highest BCUT2D eigenvalue weighted by Crippen LogP contribution is 2.10. The van der Waals surface area contributed by atoms with Crippen molar-refractivity contribution in [1.82, 2.24) is 10.2 Å². The number of nitrogens with zero attached hydrogens (tertiary/aromatic N) is 1. The Morgan fingerprint density at radius 2 is 2.54 bits per heavy atom. The molecule has 0 fully saturated rings. The zero-order chi connectivity index (χ0) is 9.84. The van der Waals surface area contributed by atoms with Crippen molar-refractivity contribution in [3.05, 3.63) is 11.9 Å². The summed E-state index contributed by atoms with van der Waals surface area (Å²) in [5, 5.41) is 8.70. The fraction of sp³-hybridized carbons (Fsp3) is 0.286. The molecule has 6 heteroatoms. The molecular weight excluding hydrogens is 285 g/mol. The first kappa shape index (κ1) is 10.2. The lowest BCUT2D eigenvalue weighted by atomic mass is 10.3. The van der Waals surface area contributed by atoms with Gasteiger partial charge in [0, 0.05) is 6.20 Å². The molecule has 0 aliphatic heterocycles. The molecule has 13 heavy (non-hydrogen) atoms. The van der Waals surface area contributed by atoms with E-state index < -0.39 is 0 Å². The van der Waals surface area contributed by atoms with Gasteiger partial charge >= 0.3 is 0 Å². The van der Waals surface area contributed by atoms with Crippen molar-refractivity contribution >= 4 is 40.5 Å². The maximum absolute atomic E-state index is 11.2. The number of alkyl halides is 1. The van der Waals surface area contributed by atoms with Crippen LogP contribution in [0.3, 0.4) is 0 Å². The standard InChI is InChI=1S/C7H8IN3O2/c1-4(8)7(13)10-5-2-9-11-6(5)3-12/h2-4H,1H3,(H,9,11)(H,10,13). The van der Waals surface area contributed by atoms with Crippen molar-refractivity contribution < 1.29 is 9.59 Å². The molecule has 1 unspecified atom stereocenters. The van der Waals surface area contributed by atoms with E-state index in [0.29, 0.717) is 12.0 Å². The van der Waals surface area contributed by atoms with Crippen molar-refractivity contribution in [2.75, 3.05) is 5.32 Å². The van der Waals surface area contributed by atoms with Gasteiger partial charge in [0.1, 0.15) is 5.69 Å². The summed E-state index contributed by atoms with van der Waals surface area (Å²) in [6, 6.07) is 0. The van der Waals surface area contributed by atoms with Gasteiger partial charge in [0.25, 0.3) is 0 Å². The van der Waals surface area contributed by atoms with Gasteiger partial charge < -0.3 is 5.32 Å². The van der Waals surface area contributed by atoms with Crippen LogP contribution in [0.2, 0.25) is 0 Å². The first-order valence-corrected chi connectivity index (χ1v) is 4.83. The summed E-state index contributed by atoms with van der Waals surface area (Å²) in [6.07, 6.45) is 2.06. The number of hydrogen-bond acceptors (Lipinski definition) is 3. The third-order valence-corrected chi connectivity index (χ3v) is 1.97. The minimum absolute atomic E-state index is 0.146. The van der Waals surface area contributed by atoms with Crippen molar-refractivity contribution in [3.63, 3.8) is 0 Å². The smallest absolute Gasteiger partial charge is 0.237 e. The monoisotopic (exact) mass is 293 g/mol. The van der Waals surface area contributed by atoms with Crippen molar-refractivity contribution in [2.45, 2.75) is 10.8 Å². The zero-order valence-electron chi connectivity index (χ0n) is 6.87. The summed E-state index contributed by atoms with van der Waals surface area (Å²) >= 11 is 1.99. The van der Waals surface area contributed by atoms with E-state index in [2.05, 4.69) is 15.5 Å². The highest BCUT2D eigenvalue weighted by atomic mass is 127. The molecule has 1 atom stereocenters. The summed E-state index contributed by atoms with van der Waals surface area (Å²) in [5.41, 5.74) is 0.633. The zero-order valence-corrected chi connectivity index (χ0v) is 9.03. The molecule has 5 nitrogen and oxygen atoms in total. The predicted octanol–water partition coefficient (Wildman–Crippen LogP) is 0.984. The van der Waals surface area contributed by atoms with Gasteiger partial charge in [-0.25, -0.2) is 0 Å². The van der Waals surface area contributed by atoms with E-state index in [1.807, 2.05) is 22.6 Å². The van der Waals surface area contributed by atoms with Gasteiger partial charge in [0.05, 0.1) is 9.61 Å². The maximum Gasteiger partial charge on any atom is 0.237 e. The van der Waals surface area contributed by atoms with Crippen LogP contribution in [0.25, 0.3) is 0 Å². The molecule has 0 aromatic carbocycles. The van der Waals surface area contributed by atoms with Gasteiger partial charge in [0.15, 0.2) is 6.29 Å². The molecular formula is C7H8IN3O2. The number of aldehydes is 1. The van der Waals surface area contributed by atoms with Crippen LogP contribution in [0.4, 0.5) is 5.69 Å². The summed E-state index contributed by atoms with van der Waals surface area (Å²) in [6.45, 7) is 1.76. The largest absolute Gasteiger partial charge is 0.322 e. The molecule has 1 heterocycles. The van der Waals surface area contributed by atoms with Crippen LogP contribution in [0.1, 0.15) is 17.4 Å². The maximum atomic E-state index is 11.2. The molecule has 1 aromatic rings. The molecule has 70 valence electrons. The average molecular weight is 293 g/mol. The molecule has 0 aliphatic rings. The van der Waals surface area contributed by atoms with E-state index in [9.17, 15) is 9.59 Å². The summed E-state index contributed by atoms with van der Waals surface area (Å²) < 4.78 is -0.146. The van der Waals surface area contributed by atoms with Crippen LogP contribution < -0.4 is 5.32 Å². The highest BCUT2D eigenvalue weighted by Gasteiger charge is 2.12. The van der Waals surface area contributed by atoms with E-state index in [1.54, 1.807) is 6.92 Å². The summed E-state index contributed by atoms with van der Waals surface area (Å²) in [7, 11) is 0. The second kappa shape index (κ2) is 4.35. The number of rotatable bonds is 3. The number of amides is 1. The molecule has 1 rings (SSSR count). The Kier molecular flexibility index (Phi) is 3.40. The van der Waals surface area contributed by atoms with Gasteiger partial charge in [-0.15, -0.1) is 0 Å². The third-order valence-electron chi connectivity index (χ3n) is 1.40. The van der Waals surface area contributed by atoms with Crippen LogP contribution >= 0.6 is 22.6 Å². The van der Waals surface area contributed by atoms with E-state index in [0.717, 1.165) is 0 Å². The Morgan fingerprint density at radius 3 is 3.08 bits per heavy atom. The van der Waals surface area contributed by atoms with E-state index in [-0.39, 0.29) is 15.5 Å². The topological polar surface area (TPSA) is 74.8 Å². The fourth-order valence-corrected chi connectivity index (χ4v) is 0.878. The molecule has 1 amide bonds. The number of carbonyl (C=O) groups excluding carboxylic acids is 2. The quantitative estimate of drug-likeness (QED) is 0.495. The number of H-pyrrole nitrogens is 1. The first-order chi connectivity index (χ1) is 6.15. The van der Waals surface area contributed by atoms with Gasteiger partial charge in [-0.1, -0.05) is 22.6 Å².